The summed E-state index contributed by atoms with van der Waals surface area (Å²) in [4.78, 5) is 0. The maximum Gasteiger partial charge on any atom is -0.00141 e. The van der Waals surface area contributed by atoms with E-state index in [4.69, 9.17) is 0 Å². The summed E-state index contributed by atoms with van der Waals surface area (Å²) >= 11 is 0. The lowest BCUT2D eigenvalue weighted by Gasteiger charge is -2.20. The maximum atomic E-state index is 2.40. The van der Waals surface area contributed by atoms with Gasteiger partial charge in [-0.05, 0) is 127 Å². The van der Waals surface area contributed by atoms with Crippen molar-refractivity contribution in [1.29, 1.82) is 0 Å². The number of benzene rings is 12. The standard InChI is InChI=1S/C66H44/c1-5-18-49(19-6-1)62-55-26-13-14-27-56(55)64(51-22-9-3-10-23-51)61-44-53(42-43-59(61)62)47-38-34-45(35-39-47)32-33-46-36-40-48(41-37-46)54-30-17-31-60-63(50-20-7-2-8-21-50)57-28-15-16-29-58(57)65(66(54)60)52-24-11-4-12-25-52/h1-44H. The second-order valence-electron chi connectivity index (χ2n) is 17.1. The topological polar surface area (TPSA) is 0 Å². The first kappa shape index (κ1) is 39.0. The van der Waals surface area contributed by atoms with Gasteiger partial charge in [-0.15, -0.1) is 0 Å². The van der Waals surface area contributed by atoms with E-state index in [-0.39, 0.29) is 0 Å². The zero-order valence-electron chi connectivity index (χ0n) is 36.4. The van der Waals surface area contributed by atoms with Crippen LogP contribution in [0.4, 0.5) is 0 Å². The van der Waals surface area contributed by atoms with Gasteiger partial charge in [0.15, 0.2) is 0 Å². The molecule has 66 heavy (non-hydrogen) atoms. The van der Waals surface area contributed by atoms with Gasteiger partial charge >= 0.3 is 0 Å². The van der Waals surface area contributed by atoms with Gasteiger partial charge in [-0.3, -0.25) is 0 Å². The zero-order chi connectivity index (χ0) is 43.8. The Bertz CT molecular complexity index is 3740. The lowest BCUT2D eigenvalue weighted by Crippen LogP contribution is -1.93. The summed E-state index contributed by atoms with van der Waals surface area (Å²) in [6.45, 7) is 0. The molecule has 0 spiro atoms. The van der Waals surface area contributed by atoms with Gasteiger partial charge < -0.3 is 0 Å². The normalized spacial score (nSPS) is 11.6. The molecule has 0 aliphatic rings. The molecule has 0 N–H and O–H groups in total. The summed E-state index contributed by atoms with van der Waals surface area (Å²) < 4.78 is 0. The molecule has 0 unspecified atom stereocenters. The van der Waals surface area contributed by atoms with Gasteiger partial charge in [0.1, 0.15) is 0 Å². The first-order valence-corrected chi connectivity index (χ1v) is 22.8. The smallest absolute Gasteiger partial charge is 0.00141 e. The number of rotatable bonds is 8. The van der Waals surface area contributed by atoms with Crippen LogP contribution in [-0.4, -0.2) is 0 Å². The molecule has 12 rings (SSSR count). The highest BCUT2D eigenvalue weighted by molar-refractivity contribution is 6.25. The molecule has 0 saturated heterocycles. The monoisotopic (exact) mass is 836 g/mol. The molecule has 0 amide bonds. The van der Waals surface area contributed by atoms with E-state index >= 15 is 0 Å². The van der Waals surface area contributed by atoms with Crippen molar-refractivity contribution in [2.24, 2.45) is 0 Å². The van der Waals surface area contributed by atoms with Crippen LogP contribution in [0.3, 0.4) is 0 Å². The molecule has 0 aromatic heterocycles. The molecular weight excluding hydrogens is 793 g/mol. The molecule has 0 radical (unpaired) electrons. The Balaban J connectivity index is 0.896. The Kier molecular flexibility index (Phi) is 9.97. The third-order valence-corrected chi connectivity index (χ3v) is 13.3. The molecule has 0 bridgehead atoms. The Hall–Kier alpha value is -8.58. The van der Waals surface area contributed by atoms with Gasteiger partial charge in [0.05, 0.1) is 0 Å². The van der Waals surface area contributed by atoms with E-state index in [1.807, 2.05) is 0 Å². The minimum absolute atomic E-state index is 1.16. The average molecular weight is 837 g/mol. The average Bonchev–Trinajstić information content (AvgIpc) is 3.40. The van der Waals surface area contributed by atoms with Crippen LogP contribution in [-0.2, 0) is 0 Å². The van der Waals surface area contributed by atoms with Crippen LogP contribution in [0.2, 0.25) is 0 Å². The van der Waals surface area contributed by atoms with Crippen molar-refractivity contribution in [1.82, 2.24) is 0 Å². The molecule has 308 valence electrons. The van der Waals surface area contributed by atoms with Gasteiger partial charge in [0, 0.05) is 0 Å². The fourth-order valence-corrected chi connectivity index (χ4v) is 10.2. The van der Waals surface area contributed by atoms with Crippen LogP contribution in [0.25, 0.3) is 122 Å². The van der Waals surface area contributed by atoms with Gasteiger partial charge in [-0.25, -0.2) is 0 Å². The summed E-state index contributed by atoms with van der Waals surface area (Å²) in [5.41, 5.74) is 17.1. The van der Waals surface area contributed by atoms with E-state index in [2.05, 4.69) is 267 Å². The fraction of sp³-hybridized carbons (Fsp3) is 0. The minimum Gasteiger partial charge on any atom is -0.0622 e. The van der Waals surface area contributed by atoms with Crippen molar-refractivity contribution < 1.29 is 0 Å². The van der Waals surface area contributed by atoms with E-state index in [1.165, 1.54) is 110 Å². The molecule has 0 aliphatic heterocycles. The molecular formula is C66H44. The van der Waals surface area contributed by atoms with Gasteiger partial charge in [-0.2, -0.15) is 0 Å². The largest absolute Gasteiger partial charge is 0.0622 e. The molecule has 0 heteroatoms. The lowest BCUT2D eigenvalue weighted by atomic mass is 9.83. The highest BCUT2D eigenvalue weighted by Gasteiger charge is 2.20. The second-order valence-corrected chi connectivity index (χ2v) is 17.1. The van der Waals surface area contributed by atoms with E-state index in [9.17, 15) is 0 Å². The van der Waals surface area contributed by atoms with Gasteiger partial charge in [-0.1, -0.05) is 261 Å². The minimum atomic E-state index is 1.16. The summed E-state index contributed by atoms with van der Waals surface area (Å²) in [6.07, 6.45) is 4.44. The molecule has 12 aromatic rings. The van der Waals surface area contributed by atoms with Crippen molar-refractivity contribution in [3.8, 4) is 66.8 Å². The Morgan fingerprint density at radius 2 is 0.545 bits per heavy atom. The number of hydrogen-bond donors (Lipinski definition) is 0. The highest BCUT2D eigenvalue weighted by atomic mass is 14.2. The highest BCUT2D eigenvalue weighted by Crippen LogP contribution is 2.48. The van der Waals surface area contributed by atoms with E-state index in [0.717, 1.165) is 11.1 Å². The summed E-state index contributed by atoms with van der Waals surface area (Å²) in [5.74, 6) is 0. The van der Waals surface area contributed by atoms with Crippen molar-refractivity contribution in [3.63, 3.8) is 0 Å². The maximum absolute atomic E-state index is 2.40. The first-order valence-electron chi connectivity index (χ1n) is 22.8. The van der Waals surface area contributed by atoms with Crippen LogP contribution < -0.4 is 0 Å². The molecule has 0 heterocycles. The summed E-state index contributed by atoms with van der Waals surface area (Å²) in [6, 6.07) is 93.0. The van der Waals surface area contributed by atoms with Crippen LogP contribution in [0.5, 0.6) is 0 Å². The fourth-order valence-electron chi connectivity index (χ4n) is 10.2. The van der Waals surface area contributed by atoms with Gasteiger partial charge in [0.25, 0.3) is 0 Å². The Labute approximate surface area is 386 Å². The van der Waals surface area contributed by atoms with E-state index in [0.29, 0.717) is 0 Å². The molecule has 0 atom stereocenters. The second kappa shape index (κ2) is 16.8. The molecule has 12 aromatic carbocycles. The van der Waals surface area contributed by atoms with E-state index < -0.39 is 0 Å². The van der Waals surface area contributed by atoms with Crippen molar-refractivity contribution in [2.75, 3.05) is 0 Å². The van der Waals surface area contributed by atoms with Crippen LogP contribution in [0.1, 0.15) is 11.1 Å². The number of hydrogen-bond acceptors (Lipinski definition) is 0. The Morgan fingerprint density at radius 1 is 0.197 bits per heavy atom. The van der Waals surface area contributed by atoms with Crippen molar-refractivity contribution in [3.05, 3.63) is 266 Å². The number of fused-ring (bicyclic) bond motifs is 4. The van der Waals surface area contributed by atoms with Crippen LogP contribution >= 0.6 is 0 Å². The third kappa shape index (κ3) is 6.97. The third-order valence-electron chi connectivity index (χ3n) is 13.3. The molecule has 0 nitrogen and oxygen atoms in total. The quantitative estimate of drug-likeness (QED) is 0.106. The molecule has 0 fully saturated rings. The summed E-state index contributed by atoms with van der Waals surface area (Å²) in [7, 11) is 0. The summed E-state index contributed by atoms with van der Waals surface area (Å²) in [5, 5.41) is 10.1. The van der Waals surface area contributed by atoms with Crippen LogP contribution in [0.15, 0.2) is 255 Å². The zero-order valence-corrected chi connectivity index (χ0v) is 36.4. The predicted molar refractivity (Wildman–Crippen MR) is 284 cm³/mol. The van der Waals surface area contributed by atoms with Crippen LogP contribution in [0, 0.1) is 0 Å². The molecule has 0 aliphatic carbocycles. The molecule has 0 saturated carbocycles. The SMILES string of the molecule is C(=Cc1ccc(-c2cccc3c(-c4ccccc4)c4ccccc4c(-c4ccccc4)c23)cc1)c1ccc(-c2ccc3c(-c4ccccc4)c4ccccc4c(-c4ccccc4)c3c2)cc1. The Morgan fingerprint density at radius 3 is 1.03 bits per heavy atom. The van der Waals surface area contributed by atoms with Gasteiger partial charge in [0.2, 0.25) is 0 Å². The predicted octanol–water partition coefficient (Wildman–Crippen LogP) is 18.5. The van der Waals surface area contributed by atoms with E-state index in [1.54, 1.807) is 0 Å². The van der Waals surface area contributed by atoms with Crippen molar-refractivity contribution in [2.45, 2.75) is 0 Å². The van der Waals surface area contributed by atoms with Crippen molar-refractivity contribution >= 4 is 55.2 Å². The first-order chi connectivity index (χ1) is 32.8. The lowest BCUT2D eigenvalue weighted by molar-refractivity contribution is 1.60.